The van der Waals surface area contributed by atoms with E-state index in [0.29, 0.717) is 25.3 Å². The summed E-state index contributed by atoms with van der Waals surface area (Å²) in [5.41, 5.74) is 1.17. The molecule has 1 spiro atoms. The van der Waals surface area contributed by atoms with Crippen LogP contribution in [0.5, 0.6) is 5.75 Å². The zero-order valence-electron chi connectivity index (χ0n) is 16.4. The molecule has 148 valence electrons. The molecule has 0 aliphatic carbocycles. The number of carbonyl (C=O) groups is 2. The van der Waals surface area contributed by atoms with Crippen LogP contribution in [0.4, 0.5) is 0 Å². The summed E-state index contributed by atoms with van der Waals surface area (Å²) in [6, 6.07) is 9.57. The van der Waals surface area contributed by atoms with E-state index in [-0.39, 0.29) is 11.8 Å². The van der Waals surface area contributed by atoms with Crippen LogP contribution in [0.3, 0.4) is 0 Å². The second-order valence-electron chi connectivity index (χ2n) is 7.78. The van der Waals surface area contributed by atoms with Gasteiger partial charge in [0, 0.05) is 39.4 Å². The molecule has 2 fully saturated rings. The van der Waals surface area contributed by atoms with Crippen LogP contribution in [0.15, 0.2) is 36.5 Å². The van der Waals surface area contributed by atoms with Crippen LogP contribution in [-0.4, -0.2) is 58.1 Å². The van der Waals surface area contributed by atoms with Gasteiger partial charge in [0.25, 0.3) is 5.91 Å². The normalized spacial score (nSPS) is 22.1. The molecule has 2 aliphatic heterocycles. The average Bonchev–Trinajstić information content (AvgIpc) is 3.32. The Balaban J connectivity index is 1.48. The first-order valence-corrected chi connectivity index (χ1v) is 9.72. The Kier molecular flexibility index (Phi) is 4.83. The Morgan fingerprint density at radius 1 is 1.25 bits per heavy atom. The minimum atomic E-state index is -0.453. The van der Waals surface area contributed by atoms with Gasteiger partial charge in [0.15, 0.2) is 0 Å². The Morgan fingerprint density at radius 3 is 2.86 bits per heavy atom. The number of hydrogen-bond acceptors (Lipinski definition) is 4. The molecule has 2 aliphatic rings. The second kappa shape index (κ2) is 7.30. The number of ether oxygens (including phenoxy) is 1. The minimum absolute atomic E-state index is 0.0467. The van der Waals surface area contributed by atoms with E-state index in [1.165, 1.54) is 0 Å². The van der Waals surface area contributed by atoms with Crippen molar-refractivity contribution in [2.75, 3.05) is 26.7 Å². The van der Waals surface area contributed by atoms with E-state index in [0.717, 1.165) is 37.1 Å². The van der Waals surface area contributed by atoms with Crippen molar-refractivity contribution in [3.05, 3.63) is 47.8 Å². The zero-order chi connectivity index (χ0) is 19.7. The standard InChI is InChI=1S/C21H26N4O3/c1-23-18(7-10-22-23)19(26)25-12-9-21(15-25)8-4-11-24(20(21)27)14-16-5-3-6-17(13-16)28-2/h3,5-7,10,13H,4,8-9,11-12,14-15H2,1-2H3. The maximum Gasteiger partial charge on any atom is 0.272 e. The Labute approximate surface area is 164 Å². The number of methoxy groups -OCH3 is 1. The van der Waals surface area contributed by atoms with Gasteiger partial charge in [-0.25, -0.2) is 0 Å². The van der Waals surface area contributed by atoms with Crippen LogP contribution in [0.25, 0.3) is 0 Å². The zero-order valence-corrected chi connectivity index (χ0v) is 16.4. The molecule has 3 heterocycles. The van der Waals surface area contributed by atoms with Gasteiger partial charge >= 0.3 is 0 Å². The Morgan fingerprint density at radius 2 is 2.11 bits per heavy atom. The number of rotatable bonds is 4. The highest BCUT2D eigenvalue weighted by Gasteiger charge is 2.49. The minimum Gasteiger partial charge on any atom is -0.497 e. The molecule has 2 aromatic rings. The molecule has 1 aromatic heterocycles. The van der Waals surface area contributed by atoms with Crippen molar-refractivity contribution in [2.45, 2.75) is 25.8 Å². The van der Waals surface area contributed by atoms with Gasteiger partial charge in [-0.1, -0.05) is 12.1 Å². The molecule has 2 amide bonds. The molecule has 7 nitrogen and oxygen atoms in total. The third kappa shape index (κ3) is 3.25. The topological polar surface area (TPSA) is 67.7 Å². The quantitative estimate of drug-likeness (QED) is 0.812. The van der Waals surface area contributed by atoms with Gasteiger partial charge in [-0.05, 0) is 43.0 Å². The number of nitrogens with zero attached hydrogens (tertiary/aromatic N) is 4. The summed E-state index contributed by atoms with van der Waals surface area (Å²) in [6.45, 7) is 2.44. The van der Waals surface area contributed by atoms with Gasteiger partial charge in [-0.3, -0.25) is 14.3 Å². The number of aryl methyl sites for hydroxylation is 1. The number of likely N-dealkylation sites (tertiary alicyclic amines) is 2. The fraction of sp³-hybridized carbons (Fsp3) is 0.476. The van der Waals surface area contributed by atoms with Gasteiger partial charge in [-0.2, -0.15) is 5.10 Å². The van der Waals surface area contributed by atoms with E-state index in [2.05, 4.69) is 5.10 Å². The first-order valence-electron chi connectivity index (χ1n) is 9.72. The molecule has 7 heteroatoms. The summed E-state index contributed by atoms with van der Waals surface area (Å²) in [7, 11) is 3.41. The lowest BCUT2D eigenvalue weighted by molar-refractivity contribution is -0.146. The summed E-state index contributed by atoms with van der Waals surface area (Å²) in [5.74, 6) is 0.918. The lowest BCUT2D eigenvalue weighted by atomic mass is 9.78. The van der Waals surface area contributed by atoms with Gasteiger partial charge in [-0.15, -0.1) is 0 Å². The highest BCUT2D eigenvalue weighted by atomic mass is 16.5. The first kappa shape index (κ1) is 18.5. The van der Waals surface area contributed by atoms with E-state index in [1.54, 1.807) is 31.1 Å². The SMILES string of the molecule is COc1cccc(CN2CCCC3(CCN(C(=O)c4ccnn4C)C3)C2=O)c1. The maximum absolute atomic E-state index is 13.4. The van der Waals surface area contributed by atoms with Crippen molar-refractivity contribution >= 4 is 11.8 Å². The van der Waals surface area contributed by atoms with Crippen LogP contribution in [0.2, 0.25) is 0 Å². The molecule has 0 saturated carbocycles. The van der Waals surface area contributed by atoms with Crippen LogP contribution in [0, 0.1) is 5.41 Å². The van der Waals surface area contributed by atoms with Crippen molar-refractivity contribution in [3.63, 3.8) is 0 Å². The number of amides is 2. The highest BCUT2D eigenvalue weighted by molar-refractivity contribution is 5.94. The number of carbonyl (C=O) groups excluding carboxylic acids is 2. The van der Waals surface area contributed by atoms with Crippen LogP contribution < -0.4 is 4.74 Å². The van der Waals surface area contributed by atoms with E-state index in [4.69, 9.17) is 4.74 Å². The monoisotopic (exact) mass is 382 g/mol. The molecule has 0 N–H and O–H groups in total. The summed E-state index contributed by atoms with van der Waals surface area (Å²) in [6.07, 6.45) is 4.16. The van der Waals surface area contributed by atoms with Crippen molar-refractivity contribution in [3.8, 4) is 5.75 Å². The summed E-state index contributed by atoms with van der Waals surface area (Å²) in [5, 5.41) is 4.08. The van der Waals surface area contributed by atoms with Gasteiger partial charge in [0.2, 0.25) is 5.91 Å². The van der Waals surface area contributed by atoms with Crippen molar-refractivity contribution < 1.29 is 14.3 Å². The summed E-state index contributed by atoms with van der Waals surface area (Å²) >= 11 is 0. The van der Waals surface area contributed by atoms with Crippen LogP contribution >= 0.6 is 0 Å². The number of aromatic nitrogens is 2. The van der Waals surface area contributed by atoms with Crippen molar-refractivity contribution in [1.82, 2.24) is 19.6 Å². The lowest BCUT2D eigenvalue weighted by Crippen LogP contribution is -2.50. The number of benzene rings is 1. The van der Waals surface area contributed by atoms with E-state index >= 15 is 0 Å². The molecular weight excluding hydrogens is 356 g/mol. The Hall–Kier alpha value is -2.83. The van der Waals surface area contributed by atoms with Crippen molar-refractivity contribution in [2.24, 2.45) is 12.5 Å². The molecule has 1 atom stereocenters. The molecule has 1 aromatic carbocycles. The Bertz CT molecular complexity index is 893. The van der Waals surface area contributed by atoms with Gasteiger partial charge in [0.05, 0.1) is 12.5 Å². The van der Waals surface area contributed by atoms with Crippen LogP contribution in [-0.2, 0) is 18.4 Å². The molecular formula is C21H26N4O3. The maximum atomic E-state index is 13.4. The van der Waals surface area contributed by atoms with Gasteiger partial charge < -0.3 is 14.5 Å². The van der Waals surface area contributed by atoms with E-state index in [1.807, 2.05) is 34.1 Å². The van der Waals surface area contributed by atoms with Crippen molar-refractivity contribution in [1.29, 1.82) is 0 Å². The molecule has 28 heavy (non-hydrogen) atoms. The third-order valence-corrected chi connectivity index (χ3v) is 6.01. The molecule has 0 bridgehead atoms. The molecule has 2 saturated heterocycles. The summed E-state index contributed by atoms with van der Waals surface area (Å²) < 4.78 is 6.88. The van der Waals surface area contributed by atoms with E-state index < -0.39 is 5.41 Å². The van der Waals surface area contributed by atoms with E-state index in [9.17, 15) is 9.59 Å². The fourth-order valence-electron chi connectivity index (χ4n) is 4.46. The predicted octanol–water partition coefficient (Wildman–Crippen LogP) is 2.08. The predicted molar refractivity (Wildman–Crippen MR) is 104 cm³/mol. The van der Waals surface area contributed by atoms with Gasteiger partial charge in [0.1, 0.15) is 11.4 Å². The summed E-state index contributed by atoms with van der Waals surface area (Å²) in [4.78, 5) is 30.0. The molecule has 1 unspecified atom stereocenters. The average molecular weight is 382 g/mol. The first-order chi connectivity index (χ1) is 13.5. The molecule has 4 rings (SSSR count). The largest absolute Gasteiger partial charge is 0.497 e. The second-order valence-corrected chi connectivity index (χ2v) is 7.78. The fourth-order valence-corrected chi connectivity index (χ4v) is 4.46. The highest BCUT2D eigenvalue weighted by Crippen LogP contribution is 2.41. The number of piperidine rings is 1. The number of hydrogen-bond donors (Lipinski definition) is 0. The smallest absolute Gasteiger partial charge is 0.272 e. The third-order valence-electron chi connectivity index (χ3n) is 6.01. The lowest BCUT2D eigenvalue weighted by Gasteiger charge is -2.39. The van der Waals surface area contributed by atoms with Crippen LogP contribution in [0.1, 0.15) is 35.3 Å². The molecule has 0 radical (unpaired) electrons.